The van der Waals surface area contributed by atoms with Crippen LogP contribution in [0.5, 0.6) is 17.2 Å². The lowest BCUT2D eigenvalue weighted by atomic mass is 10.1. The van der Waals surface area contributed by atoms with E-state index < -0.39 is 10.0 Å². The summed E-state index contributed by atoms with van der Waals surface area (Å²) in [6, 6.07) is 20.1. The molecule has 0 radical (unpaired) electrons. The molecule has 1 fully saturated rings. The molecule has 3 aromatic carbocycles. The highest BCUT2D eigenvalue weighted by Crippen LogP contribution is 2.39. The number of sulfonamides is 1. The molecule has 34 heavy (non-hydrogen) atoms. The lowest BCUT2D eigenvalue weighted by Crippen LogP contribution is -2.55. The number of nitrogens with zero attached hydrogens (tertiary/aromatic N) is 3. The van der Waals surface area contributed by atoms with Crippen LogP contribution in [0.15, 0.2) is 76.6 Å². The minimum absolute atomic E-state index is 0.240. The van der Waals surface area contributed by atoms with Crippen LogP contribution >= 0.6 is 0 Å². The largest absolute Gasteiger partial charge is 0.497 e. The number of fused-ring (bicyclic) bond motifs is 2. The van der Waals surface area contributed by atoms with E-state index in [-0.39, 0.29) is 6.04 Å². The molecule has 1 saturated heterocycles. The highest BCUT2D eigenvalue weighted by molar-refractivity contribution is 7.89. The lowest BCUT2D eigenvalue weighted by Gasteiger charge is -2.40. The van der Waals surface area contributed by atoms with Crippen molar-refractivity contribution in [2.75, 3.05) is 26.7 Å². The third-order valence-corrected chi connectivity index (χ3v) is 8.21. The molecule has 0 bridgehead atoms. The van der Waals surface area contributed by atoms with Crippen LogP contribution < -0.4 is 9.47 Å². The Kier molecular flexibility index (Phi) is 5.79. The van der Waals surface area contributed by atoms with Crippen molar-refractivity contribution in [3.05, 3.63) is 77.9 Å². The fraction of sp³-hybridized carbons (Fsp3) is 0.269. The molecule has 0 spiro atoms. The molecule has 0 aromatic heterocycles. The van der Waals surface area contributed by atoms with E-state index in [2.05, 4.69) is 4.90 Å². The maximum Gasteiger partial charge on any atom is 0.243 e. The Morgan fingerprint density at radius 2 is 1.82 bits per heavy atom. The van der Waals surface area contributed by atoms with E-state index in [1.807, 2.05) is 62.4 Å². The predicted octanol–water partition coefficient (Wildman–Crippen LogP) is 4.58. The summed E-state index contributed by atoms with van der Waals surface area (Å²) in [5, 5.41) is 0. The lowest BCUT2D eigenvalue weighted by molar-refractivity contribution is 0.205. The molecule has 2 heterocycles. The molecule has 2 aliphatic rings. The summed E-state index contributed by atoms with van der Waals surface area (Å²) in [7, 11) is -1.97. The van der Waals surface area contributed by atoms with Gasteiger partial charge in [0.25, 0.3) is 0 Å². The van der Waals surface area contributed by atoms with Gasteiger partial charge in [0.15, 0.2) is 5.75 Å². The van der Waals surface area contributed by atoms with E-state index in [1.54, 1.807) is 29.6 Å². The summed E-state index contributed by atoms with van der Waals surface area (Å²) in [6.07, 6.45) is 0. The third kappa shape index (κ3) is 4.03. The highest BCUT2D eigenvalue weighted by atomic mass is 32.2. The first kappa shape index (κ1) is 22.4. The molecule has 0 saturated carbocycles. The fourth-order valence-electron chi connectivity index (χ4n) is 4.47. The molecule has 176 valence electrons. The molecule has 7 nitrogen and oxygen atoms in total. The summed E-state index contributed by atoms with van der Waals surface area (Å²) >= 11 is 0. The third-order valence-electron chi connectivity index (χ3n) is 6.20. The minimum atomic E-state index is -3.59. The Labute approximate surface area is 200 Å². The Hall–Kier alpha value is -3.36. The van der Waals surface area contributed by atoms with Crippen LogP contribution in [0.2, 0.25) is 0 Å². The monoisotopic (exact) mass is 477 g/mol. The Balaban J connectivity index is 1.49. The molecule has 0 N–H and O–H groups in total. The first-order valence-corrected chi connectivity index (χ1v) is 12.7. The number of hydrogen-bond acceptors (Lipinski definition) is 6. The van der Waals surface area contributed by atoms with Crippen molar-refractivity contribution >= 4 is 21.5 Å². The molecule has 0 amide bonds. The summed E-state index contributed by atoms with van der Waals surface area (Å²) < 4.78 is 40.0. The van der Waals surface area contributed by atoms with E-state index in [0.29, 0.717) is 41.8 Å². The van der Waals surface area contributed by atoms with Gasteiger partial charge in [-0.15, -0.1) is 0 Å². The number of para-hydroxylation sites is 2. The maximum atomic E-state index is 13.4. The minimum Gasteiger partial charge on any atom is -0.497 e. The molecule has 0 unspecified atom stereocenters. The first-order valence-electron chi connectivity index (χ1n) is 11.2. The normalized spacial score (nSPS) is 18.3. The SMILES string of the molecule is COc1ccc2c(c1)C(N1CCN(S(=O)(=O)c3cccc(C)c3)[C@@H](C)C1)=Nc1ccccc1O2. The zero-order chi connectivity index (χ0) is 23.9. The van der Waals surface area contributed by atoms with Crippen molar-refractivity contribution in [2.45, 2.75) is 24.8 Å². The first-order chi connectivity index (χ1) is 16.4. The Morgan fingerprint density at radius 1 is 1.00 bits per heavy atom. The number of amidine groups is 1. The summed E-state index contributed by atoms with van der Waals surface area (Å²) in [6.45, 7) is 5.21. The van der Waals surface area contributed by atoms with Gasteiger partial charge in [-0.05, 0) is 61.9 Å². The highest BCUT2D eigenvalue weighted by Gasteiger charge is 2.36. The molecular formula is C26H27N3O4S. The zero-order valence-electron chi connectivity index (χ0n) is 19.4. The van der Waals surface area contributed by atoms with Crippen LogP contribution in [0.3, 0.4) is 0 Å². The number of methoxy groups -OCH3 is 1. The summed E-state index contributed by atoms with van der Waals surface area (Å²) in [4.78, 5) is 7.43. The molecule has 3 aromatic rings. The number of aliphatic imine (C=N–C) groups is 1. The van der Waals surface area contributed by atoms with Gasteiger partial charge in [-0.3, -0.25) is 0 Å². The van der Waals surface area contributed by atoms with Crippen LogP contribution in [0.1, 0.15) is 18.1 Å². The smallest absolute Gasteiger partial charge is 0.243 e. The molecular weight excluding hydrogens is 450 g/mol. The molecule has 0 aliphatic carbocycles. The maximum absolute atomic E-state index is 13.4. The standard InChI is InChI=1S/C26H27N3O4S/c1-18-7-6-8-21(15-18)34(30,31)29-14-13-28(17-19(29)2)26-22-16-20(32-3)11-12-24(22)33-25-10-5-4-9-23(25)27-26/h4-12,15-16,19H,13-14,17H2,1-3H3/t19-/m0/s1. The van der Waals surface area contributed by atoms with Crippen molar-refractivity contribution in [1.29, 1.82) is 0 Å². The topological polar surface area (TPSA) is 71.4 Å². The van der Waals surface area contributed by atoms with E-state index in [4.69, 9.17) is 14.5 Å². The molecule has 5 rings (SSSR count). The zero-order valence-corrected chi connectivity index (χ0v) is 20.2. The van der Waals surface area contributed by atoms with Crippen LogP contribution in [0.25, 0.3) is 0 Å². The summed E-state index contributed by atoms with van der Waals surface area (Å²) in [5.74, 6) is 2.82. The number of aryl methyl sites for hydroxylation is 1. The van der Waals surface area contributed by atoms with Gasteiger partial charge in [-0.1, -0.05) is 24.3 Å². The van der Waals surface area contributed by atoms with Gasteiger partial charge < -0.3 is 14.4 Å². The summed E-state index contributed by atoms with van der Waals surface area (Å²) in [5.41, 5.74) is 2.47. The number of rotatable bonds is 3. The second kappa shape index (κ2) is 8.77. The van der Waals surface area contributed by atoms with Gasteiger partial charge in [0, 0.05) is 25.7 Å². The number of ether oxygens (including phenoxy) is 2. The Morgan fingerprint density at radius 3 is 2.59 bits per heavy atom. The fourth-order valence-corrected chi connectivity index (χ4v) is 6.19. The van der Waals surface area contributed by atoms with Crippen molar-refractivity contribution in [3.63, 3.8) is 0 Å². The van der Waals surface area contributed by atoms with Crippen LogP contribution in [-0.4, -0.2) is 56.2 Å². The number of piperazine rings is 1. The second-order valence-electron chi connectivity index (χ2n) is 8.59. The van der Waals surface area contributed by atoms with E-state index in [0.717, 1.165) is 22.6 Å². The average Bonchev–Trinajstić information content (AvgIpc) is 3.00. The molecule has 2 aliphatic heterocycles. The van der Waals surface area contributed by atoms with E-state index in [9.17, 15) is 8.42 Å². The average molecular weight is 478 g/mol. The van der Waals surface area contributed by atoms with Gasteiger partial charge in [0.2, 0.25) is 10.0 Å². The molecule has 8 heteroatoms. The van der Waals surface area contributed by atoms with Crippen LogP contribution in [0.4, 0.5) is 5.69 Å². The quantitative estimate of drug-likeness (QED) is 0.552. The van der Waals surface area contributed by atoms with Gasteiger partial charge >= 0.3 is 0 Å². The van der Waals surface area contributed by atoms with Crippen molar-refractivity contribution < 1.29 is 17.9 Å². The molecule has 1 atom stereocenters. The van der Waals surface area contributed by atoms with Crippen LogP contribution in [0, 0.1) is 6.92 Å². The van der Waals surface area contributed by atoms with Gasteiger partial charge in [-0.25, -0.2) is 13.4 Å². The van der Waals surface area contributed by atoms with E-state index in [1.165, 1.54) is 0 Å². The van der Waals surface area contributed by atoms with Crippen LogP contribution in [-0.2, 0) is 10.0 Å². The second-order valence-corrected chi connectivity index (χ2v) is 10.5. The van der Waals surface area contributed by atoms with Gasteiger partial charge in [0.05, 0.1) is 17.6 Å². The number of benzene rings is 3. The van der Waals surface area contributed by atoms with Gasteiger partial charge in [-0.2, -0.15) is 4.31 Å². The van der Waals surface area contributed by atoms with Crippen molar-refractivity contribution in [2.24, 2.45) is 4.99 Å². The Bertz CT molecular complexity index is 1370. The van der Waals surface area contributed by atoms with Crippen molar-refractivity contribution in [3.8, 4) is 17.2 Å². The van der Waals surface area contributed by atoms with Gasteiger partial charge in [0.1, 0.15) is 23.0 Å². The predicted molar refractivity (Wildman–Crippen MR) is 132 cm³/mol. The van der Waals surface area contributed by atoms with Crippen molar-refractivity contribution in [1.82, 2.24) is 9.21 Å². The van der Waals surface area contributed by atoms with E-state index >= 15 is 0 Å². The number of hydrogen-bond donors (Lipinski definition) is 0.